The Morgan fingerprint density at radius 1 is 1.56 bits per heavy atom. The van der Waals surface area contributed by atoms with E-state index >= 15 is 0 Å². The van der Waals surface area contributed by atoms with Crippen LogP contribution in [-0.4, -0.2) is 16.8 Å². The first-order valence-corrected chi connectivity index (χ1v) is 2.89. The quantitative estimate of drug-likeness (QED) is 0.324. The van der Waals surface area contributed by atoms with Crippen molar-refractivity contribution in [2.45, 2.75) is 6.92 Å². The predicted molar refractivity (Wildman–Crippen MR) is 41.0 cm³/mol. The molecule has 0 aromatic heterocycles. The minimum absolute atomic E-state index is 0.0301. The van der Waals surface area contributed by atoms with Crippen LogP contribution in [-0.2, 0) is 0 Å². The van der Waals surface area contributed by atoms with Crippen LogP contribution in [0.1, 0.15) is 6.92 Å². The van der Waals surface area contributed by atoms with Crippen molar-refractivity contribution in [3.8, 4) is 0 Å². The van der Waals surface area contributed by atoms with Gasteiger partial charge in [-0.15, -0.1) is 0 Å². The molecule has 9 heavy (non-hydrogen) atoms. The Morgan fingerprint density at radius 2 is 2.11 bits per heavy atom. The number of halogens is 2. The lowest BCUT2D eigenvalue weighted by Crippen LogP contribution is -1.85. The van der Waals surface area contributed by atoms with Crippen LogP contribution in [0.25, 0.3) is 0 Å². The lowest BCUT2D eigenvalue weighted by Gasteiger charge is -1.82. The molecule has 0 aromatic carbocycles. The summed E-state index contributed by atoms with van der Waals surface area (Å²) in [7, 11) is 0. The van der Waals surface area contributed by atoms with Crippen LogP contribution in [0.15, 0.2) is 9.98 Å². The zero-order valence-electron chi connectivity index (χ0n) is 4.73. The third kappa shape index (κ3) is 5.46. The van der Waals surface area contributed by atoms with Crippen LogP contribution < -0.4 is 0 Å². The predicted octanol–water partition coefficient (Wildman–Crippen LogP) is 1.85. The highest BCUT2D eigenvalue weighted by molar-refractivity contribution is 6.71. The fourth-order valence-corrected chi connectivity index (χ4v) is 0.522. The fraction of sp³-hybridized carbons (Fsp3) is 0.250. The highest BCUT2D eigenvalue weighted by Crippen LogP contribution is 1.90. The molecule has 5 heteroatoms. The molecule has 0 aliphatic rings. The third-order valence-corrected chi connectivity index (χ3v) is 0.693. The van der Waals surface area contributed by atoms with Gasteiger partial charge in [0.05, 0.1) is 0 Å². The molecule has 0 radical (unpaired) electrons. The van der Waals surface area contributed by atoms with E-state index in [4.69, 9.17) is 28.6 Å². The maximum atomic E-state index is 6.62. The summed E-state index contributed by atoms with van der Waals surface area (Å²) in [6, 6.07) is 0. The summed E-state index contributed by atoms with van der Waals surface area (Å²) in [4.78, 5) is 6.83. The Labute approximate surface area is 62.9 Å². The van der Waals surface area contributed by atoms with Gasteiger partial charge in [-0.05, 0) is 30.1 Å². The maximum Gasteiger partial charge on any atom is 0.224 e. The zero-order chi connectivity index (χ0) is 7.28. The van der Waals surface area contributed by atoms with Gasteiger partial charge in [0, 0.05) is 6.21 Å². The van der Waals surface area contributed by atoms with Crippen molar-refractivity contribution in [2.24, 2.45) is 9.98 Å². The lowest BCUT2D eigenvalue weighted by atomic mass is 10.9. The summed E-state index contributed by atoms with van der Waals surface area (Å²) in [6.45, 7) is 1.69. The van der Waals surface area contributed by atoms with Crippen molar-refractivity contribution in [2.75, 3.05) is 0 Å². The summed E-state index contributed by atoms with van der Waals surface area (Å²) < 4.78 is 0. The van der Waals surface area contributed by atoms with Crippen molar-refractivity contribution in [3.63, 3.8) is 0 Å². The molecule has 50 valence electrons. The third-order valence-electron chi connectivity index (χ3n) is 0.426. The molecular formula is C4H5Cl2N3. The van der Waals surface area contributed by atoms with Crippen molar-refractivity contribution < 1.29 is 0 Å². The second-order valence-corrected chi connectivity index (χ2v) is 1.76. The average Bonchev–Trinajstić information content (AvgIpc) is 1.63. The minimum atomic E-state index is -0.370. The number of aliphatic imine (C=N–C) groups is 2. The highest BCUT2D eigenvalue weighted by atomic mass is 35.5. The fourth-order valence-electron chi connectivity index (χ4n) is 0.216. The molecule has 0 unspecified atom stereocenters. The number of rotatable bonds is 0. The van der Waals surface area contributed by atoms with Crippen molar-refractivity contribution in [1.29, 1.82) is 5.41 Å². The maximum absolute atomic E-state index is 6.62. The summed E-state index contributed by atoms with van der Waals surface area (Å²) in [5, 5.41) is 6.22. The van der Waals surface area contributed by atoms with Gasteiger partial charge in [-0.25, -0.2) is 4.99 Å². The molecule has 0 atom stereocenters. The standard InChI is InChI=1S/C4H5Cl2N3/c1-2-8-4(6)9-3(5)7/h2,7H,1H3. The first-order valence-electron chi connectivity index (χ1n) is 2.13. The number of nitrogens with zero attached hydrogens (tertiary/aromatic N) is 2. The molecule has 3 nitrogen and oxygen atoms in total. The average molecular weight is 166 g/mol. The second kappa shape index (κ2) is 4.47. The molecule has 0 amide bonds. The monoisotopic (exact) mass is 165 g/mol. The van der Waals surface area contributed by atoms with E-state index in [2.05, 4.69) is 9.98 Å². The molecule has 1 N–H and O–H groups in total. The van der Waals surface area contributed by atoms with Gasteiger partial charge in [-0.2, -0.15) is 4.99 Å². The summed E-state index contributed by atoms with van der Waals surface area (Å²) in [5.74, 6) is 0. The van der Waals surface area contributed by atoms with Crippen molar-refractivity contribution >= 4 is 40.0 Å². The van der Waals surface area contributed by atoms with Gasteiger partial charge in [0.1, 0.15) is 0 Å². The molecule has 0 rings (SSSR count). The molecule has 0 aliphatic heterocycles. The first kappa shape index (κ1) is 8.59. The van der Waals surface area contributed by atoms with Crippen LogP contribution in [0.2, 0.25) is 0 Å². The molecule has 0 heterocycles. The first-order chi connectivity index (χ1) is 4.16. The summed E-state index contributed by atoms with van der Waals surface area (Å²) >= 11 is 10.3. The molecule has 0 spiro atoms. The molecular weight excluding hydrogens is 161 g/mol. The van der Waals surface area contributed by atoms with Gasteiger partial charge < -0.3 is 0 Å². The van der Waals surface area contributed by atoms with E-state index < -0.39 is 0 Å². The van der Waals surface area contributed by atoms with Crippen LogP contribution in [0, 0.1) is 5.41 Å². The van der Waals surface area contributed by atoms with Gasteiger partial charge in [0.15, 0.2) is 0 Å². The van der Waals surface area contributed by atoms with Crippen LogP contribution in [0.4, 0.5) is 0 Å². The summed E-state index contributed by atoms with van der Waals surface area (Å²) in [5.41, 5.74) is 0. The Hall–Kier alpha value is -0.410. The molecule has 0 fully saturated rings. The van der Waals surface area contributed by atoms with Crippen molar-refractivity contribution in [1.82, 2.24) is 0 Å². The SMILES string of the molecule is CC=NC(Cl)=NC(=N)Cl. The van der Waals surface area contributed by atoms with E-state index in [1.165, 1.54) is 6.21 Å². The van der Waals surface area contributed by atoms with Crippen LogP contribution in [0.5, 0.6) is 0 Å². The van der Waals surface area contributed by atoms with Crippen LogP contribution in [0.3, 0.4) is 0 Å². The molecule has 0 saturated carbocycles. The van der Waals surface area contributed by atoms with Gasteiger partial charge in [-0.3, -0.25) is 5.41 Å². The van der Waals surface area contributed by atoms with Gasteiger partial charge >= 0.3 is 0 Å². The lowest BCUT2D eigenvalue weighted by molar-refractivity contribution is 1.49. The van der Waals surface area contributed by atoms with E-state index in [1.54, 1.807) is 6.92 Å². The minimum Gasteiger partial charge on any atom is -0.272 e. The van der Waals surface area contributed by atoms with E-state index in [0.29, 0.717) is 0 Å². The Kier molecular flexibility index (Phi) is 4.26. The number of hydrogen-bond donors (Lipinski definition) is 1. The number of nitrogens with one attached hydrogen (secondary N) is 1. The highest BCUT2D eigenvalue weighted by Gasteiger charge is 1.87. The van der Waals surface area contributed by atoms with Crippen LogP contribution >= 0.6 is 23.2 Å². The van der Waals surface area contributed by atoms with E-state index in [1.807, 2.05) is 0 Å². The topological polar surface area (TPSA) is 48.6 Å². The number of amidine groups is 2. The number of hydrogen-bond acceptors (Lipinski definition) is 1. The Balaban J connectivity index is 4.00. The summed E-state index contributed by atoms with van der Waals surface area (Å²) in [6.07, 6.45) is 1.46. The van der Waals surface area contributed by atoms with E-state index in [-0.39, 0.29) is 10.6 Å². The molecule has 0 aromatic rings. The molecule has 0 saturated heterocycles. The Morgan fingerprint density at radius 3 is 2.44 bits per heavy atom. The van der Waals surface area contributed by atoms with Gasteiger partial charge in [0.2, 0.25) is 10.6 Å². The Bertz CT molecular complexity index is 161. The zero-order valence-corrected chi connectivity index (χ0v) is 6.24. The smallest absolute Gasteiger partial charge is 0.224 e. The molecule has 0 bridgehead atoms. The van der Waals surface area contributed by atoms with Gasteiger partial charge in [-0.1, -0.05) is 0 Å². The largest absolute Gasteiger partial charge is 0.272 e. The van der Waals surface area contributed by atoms with Gasteiger partial charge in [0.25, 0.3) is 0 Å². The van der Waals surface area contributed by atoms with Crippen molar-refractivity contribution in [3.05, 3.63) is 0 Å². The molecule has 0 aliphatic carbocycles. The normalized spacial score (nSPS) is 12.6. The second-order valence-electron chi connectivity index (χ2n) is 1.06. The van der Waals surface area contributed by atoms with E-state index in [9.17, 15) is 0 Å². The van der Waals surface area contributed by atoms with E-state index in [0.717, 1.165) is 0 Å².